The highest BCUT2D eigenvalue weighted by Gasteiger charge is 2.23. The minimum atomic E-state index is -3.78. The Kier molecular flexibility index (Phi) is 7.68. The fraction of sp³-hybridized carbons (Fsp3) is 0.391. The van der Waals surface area contributed by atoms with Gasteiger partial charge >= 0.3 is 0 Å². The minimum Gasteiger partial charge on any atom is -0.334 e. The summed E-state index contributed by atoms with van der Waals surface area (Å²) in [7, 11) is -3.78. The van der Waals surface area contributed by atoms with Gasteiger partial charge in [0.1, 0.15) is 6.54 Å². The van der Waals surface area contributed by atoms with Gasteiger partial charge in [-0.05, 0) is 24.6 Å². The number of pyridine rings is 1. The smallest absolute Gasteiger partial charge is 0.260 e. The lowest BCUT2D eigenvalue weighted by atomic mass is 10.1. The molecule has 2 heterocycles. The first-order valence-electron chi connectivity index (χ1n) is 11.0. The van der Waals surface area contributed by atoms with E-state index in [9.17, 15) is 18.0 Å². The van der Waals surface area contributed by atoms with Crippen molar-refractivity contribution in [3.63, 3.8) is 0 Å². The standard InChI is InChI=1S/C23H29N5O5S/c1-6-28(7-2)34(31,32)17-11-12-20(30)27(13-17)14-19(29)24-21-16(5)9-8-10-18(21)23-25-22(15(3)4)26-33-23/h8-13,15H,6-7,14H2,1-5H3,(H,24,29). The average molecular weight is 488 g/mol. The maximum atomic E-state index is 12.9. The van der Waals surface area contributed by atoms with E-state index < -0.39 is 21.5 Å². The van der Waals surface area contributed by atoms with Crippen LogP contribution in [0.2, 0.25) is 0 Å². The first-order valence-corrected chi connectivity index (χ1v) is 12.5. The zero-order chi connectivity index (χ0) is 25.0. The Hall–Kier alpha value is -3.31. The van der Waals surface area contributed by atoms with Crippen molar-refractivity contribution in [2.45, 2.75) is 52.0 Å². The summed E-state index contributed by atoms with van der Waals surface area (Å²) in [6.45, 7) is 9.40. The van der Waals surface area contributed by atoms with Crippen LogP contribution < -0.4 is 10.9 Å². The number of hydrogen-bond donors (Lipinski definition) is 1. The first kappa shape index (κ1) is 25.3. The van der Waals surface area contributed by atoms with Crippen LogP contribution in [0.15, 0.2) is 50.7 Å². The molecule has 0 atom stereocenters. The van der Waals surface area contributed by atoms with Gasteiger partial charge in [-0.1, -0.05) is 45.0 Å². The summed E-state index contributed by atoms with van der Waals surface area (Å²) in [5.41, 5.74) is 1.31. The first-order chi connectivity index (χ1) is 16.1. The highest BCUT2D eigenvalue weighted by molar-refractivity contribution is 7.89. The highest BCUT2D eigenvalue weighted by Crippen LogP contribution is 2.30. The number of amides is 1. The lowest BCUT2D eigenvalue weighted by Gasteiger charge is -2.19. The Balaban J connectivity index is 1.89. The molecule has 1 amide bonds. The van der Waals surface area contributed by atoms with Gasteiger partial charge < -0.3 is 14.4 Å². The largest absolute Gasteiger partial charge is 0.334 e. The fourth-order valence-electron chi connectivity index (χ4n) is 3.42. The van der Waals surface area contributed by atoms with Crippen molar-refractivity contribution in [3.8, 4) is 11.5 Å². The third-order valence-electron chi connectivity index (χ3n) is 5.34. The van der Waals surface area contributed by atoms with Crippen molar-refractivity contribution in [2.24, 2.45) is 0 Å². The topological polar surface area (TPSA) is 127 Å². The second kappa shape index (κ2) is 10.3. The molecule has 0 fully saturated rings. The molecule has 0 saturated heterocycles. The summed E-state index contributed by atoms with van der Waals surface area (Å²) in [6.07, 6.45) is 1.20. The van der Waals surface area contributed by atoms with E-state index in [4.69, 9.17) is 4.52 Å². The number of rotatable bonds is 9. The number of nitrogens with one attached hydrogen (secondary N) is 1. The molecule has 182 valence electrons. The molecule has 3 aromatic rings. The average Bonchev–Trinajstić information content (AvgIpc) is 3.27. The lowest BCUT2D eigenvalue weighted by molar-refractivity contribution is -0.116. The number of para-hydroxylation sites is 1. The van der Waals surface area contributed by atoms with Crippen LogP contribution in [-0.2, 0) is 21.4 Å². The third-order valence-corrected chi connectivity index (χ3v) is 7.37. The number of aryl methyl sites for hydroxylation is 1. The van der Waals surface area contributed by atoms with Crippen LogP contribution in [0.5, 0.6) is 0 Å². The normalized spacial score (nSPS) is 11.9. The maximum absolute atomic E-state index is 12.9. The molecule has 2 aromatic heterocycles. The van der Waals surface area contributed by atoms with Crippen LogP contribution in [0, 0.1) is 6.92 Å². The van der Waals surface area contributed by atoms with Crippen LogP contribution in [0.25, 0.3) is 11.5 Å². The van der Waals surface area contributed by atoms with Gasteiger partial charge in [0.05, 0.1) is 16.1 Å². The second-order valence-corrected chi connectivity index (χ2v) is 10.0. The number of hydrogen-bond acceptors (Lipinski definition) is 7. The molecule has 3 rings (SSSR count). The SMILES string of the molecule is CCN(CC)S(=O)(=O)c1ccc(=O)n(CC(=O)Nc2c(C)cccc2-c2nc(C(C)C)no2)c1. The van der Waals surface area contributed by atoms with E-state index in [1.165, 1.54) is 16.6 Å². The summed E-state index contributed by atoms with van der Waals surface area (Å²) in [4.78, 5) is 29.6. The van der Waals surface area contributed by atoms with Gasteiger partial charge in [-0.3, -0.25) is 9.59 Å². The molecule has 0 aliphatic heterocycles. The number of benzene rings is 1. The van der Waals surface area contributed by atoms with Gasteiger partial charge in [0.2, 0.25) is 15.9 Å². The van der Waals surface area contributed by atoms with E-state index in [1.54, 1.807) is 19.9 Å². The monoisotopic (exact) mass is 487 g/mol. The predicted molar refractivity (Wildman–Crippen MR) is 128 cm³/mol. The highest BCUT2D eigenvalue weighted by atomic mass is 32.2. The van der Waals surface area contributed by atoms with Gasteiger partial charge in [-0.2, -0.15) is 9.29 Å². The summed E-state index contributed by atoms with van der Waals surface area (Å²) in [5.74, 6) is 0.393. The summed E-state index contributed by atoms with van der Waals surface area (Å²) in [5, 5.41) is 6.79. The van der Waals surface area contributed by atoms with E-state index in [1.807, 2.05) is 32.9 Å². The molecule has 0 bridgehead atoms. The van der Waals surface area contributed by atoms with Gasteiger partial charge in [-0.15, -0.1) is 0 Å². The molecule has 11 heteroatoms. The lowest BCUT2D eigenvalue weighted by Crippen LogP contribution is -2.33. The fourth-order valence-corrected chi connectivity index (χ4v) is 4.90. The minimum absolute atomic E-state index is 0.0488. The maximum Gasteiger partial charge on any atom is 0.260 e. The van der Waals surface area contributed by atoms with Crippen LogP contribution in [0.3, 0.4) is 0 Å². The number of sulfonamides is 1. The van der Waals surface area contributed by atoms with E-state index in [-0.39, 0.29) is 23.2 Å². The van der Waals surface area contributed by atoms with E-state index >= 15 is 0 Å². The quantitative estimate of drug-likeness (QED) is 0.491. The van der Waals surface area contributed by atoms with E-state index in [0.29, 0.717) is 30.2 Å². The Morgan fingerprint density at radius 2 is 1.88 bits per heavy atom. The molecule has 1 N–H and O–H groups in total. The number of aromatic nitrogens is 3. The number of anilines is 1. The second-order valence-electron chi connectivity index (χ2n) is 8.08. The summed E-state index contributed by atoms with van der Waals surface area (Å²) in [6, 6.07) is 7.79. The molecular formula is C23H29N5O5S. The molecule has 34 heavy (non-hydrogen) atoms. The number of carbonyl (C=O) groups is 1. The number of nitrogens with zero attached hydrogens (tertiary/aromatic N) is 4. The van der Waals surface area contributed by atoms with Crippen LogP contribution in [0.1, 0.15) is 45.0 Å². The van der Waals surface area contributed by atoms with Crippen molar-refractivity contribution < 1.29 is 17.7 Å². The van der Waals surface area contributed by atoms with Crippen LogP contribution in [-0.4, -0.2) is 46.4 Å². The Morgan fingerprint density at radius 1 is 1.18 bits per heavy atom. The summed E-state index contributed by atoms with van der Waals surface area (Å²) >= 11 is 0. The Bertz CT molecular complexity index is 1340. The molecule has 0 saturated carbocycles. The third kappa shape index (κ3) is 5.26. The predicted octanol–water partition coefficient (Wildman–Crippen LogP) is 3.00. The molecule has 10 nitrogen and oxygen atoms in total. The van der Waals surface area contributed by atoms with Crippen molar-refractivity contribution >= 4 is 21.6 Å². The summed E-state index contributed by atoms with van der Waals surface area (Å²) < 4.78 is 33.4. The van der Waals surface area contributed by atoms with Gasteiger partial charge in [0.15, 0.2) is 5.82 Å². The Morgan fingerprint density at radius 3 is 2.50 bits per heavy atom. The van der Waals surface area contributed by atoms with Crippen molar-refractivity contribution in [3.05, 3.63) is 58.3 Å². The molecule has 0 aliphatic carbocycles. The van der Waals surface area contributed by atoms with Crippen molar-refractivity contribution in [1.29, 1.82) is 0 Å². The van der Waals surface area contributed by atoms with E-state index in [2.05, 4.69) is 15.5 Å². The molecule has 0 unspecified atom stereocenters. The van der Waals surface area contributed by atoms with Crippen LogP contribution >= 0.6 is 0 Å². The molecule has 0 spiro atoms. The van der Waals surface area contributed by atoms with Crippen LogP contribution in [0.4, 0.5) is 5.69 Å². The molecule has 1 aromatic carbocycles. The Labute approximate surface area is 198 Å². The molecule has 0 radical (unpaired) electrons. The van der Waals surface area contributed by atoms with E-state index in [0.717, 1.165) is 16.2 Å². The zero-order valence-corrected chi connectivity index (χ0v) is 20.7. The zero-order valence-electron chi connectivity index (χ0n) is 19.9. The molecule has 0 aliphatic rings. The molecular weight excluding hydrogens is 458 g/mol. The van der Waals surface area contributed by atoms with Crippen molar-refractivity contribution in [1.82, 2.24) is 19.0 Å². The van der Waals surface area contributed by atoms with Gasteiger partial charge in [0.25, 0.3) is 11.4 Å². The van der Waals surface area contributed by atoms with Gasteiger partial charge in [0, 0.05) is 31.3 Å². The number of carbonyl (C=O) groups excluding carboxylic acids is 1. The van der Waals surface area contributed by atoms with Crippen molar-refractivity contribution in [2.75, 3.05) is 18.4 Å². The van der Waals surface area contributed by atoms with Gasteiger partial charge in [-0.25, -0.2) is 8.42 Å².